The van der Waals surface area contributed by atoms with Crippen molar-refractivity contribution in [2.75, 3.05) is 0 Å². The van der Waals surface area contributed by atoms with E-state index in [-0.39, 0.29) is 6.61 Å². The maximum Gasteiger partial charge on any atom is 0.316 e. The van der Waals surface area contributed by atoms with Crippen LogP contribution in [0.25, 0.3) is 0 Å². The summed E-state index contributed by atoms with van der Waals surface area (Å²) < 4.78 is 14.9. The molecular formula is C9H10NO3P. The Morgan fingerprint density at radius 1 is 1.50 bits per heavy atom. The van der Waals surface area contributed by atoms with E-state index in [1.165, 1.54) is 0 Å². The molecule has 0 fully saturated rings. The average Bonchev–Trinajstić information content (AvgIpc) is 2.16. The molecule has 1 aromatic rings. The topological polar surface area (TPSA) is 70.3 Å². The summed E-state index contributed by atoms with van der Waals surface area (Å²) >= 11 is 0. The zero-order valence-corrected chi connectivity index (χ0v) is 8.43. The van der Waals surface area contributed by atoms with Gasteiger partial charge >= 0.3 is 8.25 Å². The van der Waals surface area contributed by atoms with Gasteiger partial charge in [0.05, 0.1) is 19.1 Å². The molecule has 1 aromatic carbocycles. The number of benzene rings is 1. The Morgan fingerprint density at radius 3 is 2.86 bits per heavy atom. The molecule has 0 aliphatic carbocycles. The molecule has 0 saturated heterocycles. The van der Waals surface area contributed by atoms with E-state index in [9.17, 15) is 4.57 Å². The predicted octanol–water partition coefficient (Wildman–Crippen LogP) is 1.65. The van der Waals surface area contributed by atoms with E-state index in [0.29, 0.717) is 6.42 Å². The second kappa shape index (κ2) is 5.56. The Labute approximate surface area is 82.7 Å². The van der Waals surface area contributed by atoms with Crippen molar-refractivity contribution in [3.8, 4) is 6.07 Å². The van der Waals surface area contributed by atoms with Crippen molar-refractivity contribution in [1.82, 2.24) is 0 Å². The predicted molar refractivity (Wildman–Crippen MR) is 51.8 cm³/mol. The van der Waals surface area contributed by atoms with Crippen LogP contribution in [0.1, 0.15) is 11.1 Å². The van der Waals surface area contributed by atoms with Gasteiger partial charge in [-0.2, -0.15) is 5.26 Å². The lowest BCUT2D eigenvalue weighted by Crippen LogP contribution is -1.88. The summed E-state index contributed by atoms with van der Waals surface area (Å²) in [6.07, 6.45) is 0.335. The Bertz CT molecular complexity index is 373. The first-order valence-corrected chi connectivity index (χ1v) is 5.29. The first-order valence-electron chi connectivity index (χ1n) is 4.03. The molecule has 1 atom stereocenters. The number of nitrogens with zero attached hydrogens (tertiary/aromatic N) is 1. The third-order valence-electron chi connectivity index (χ3n) is 1.64. The lowest BCUT2D eigenvalue weighted by Gasteiger charge is -2.01. The minimum atomic E-state index is -2.87. The van der Waals surface area contributed by atoms with E-state index in [2.05, 4.69) is 4.52 Å². The Morgan fingerprint density at radius 2 is 2.21 bits per heavy atom. The summed E-state index contributed by atoms with van der Waals surface area (Å²) in [7, 11) is -2.87. The Kier molecular flexibility index (Phi) is 4.34. The third-order valence-corrected chi connectivity index (χ3v) is 2.03. The van der Waals surface area contributed by atoms with E-state index in [1.807, 2.05) is 12.1 Å². The molecule has 0 heterocycles. The molecule has 74 valence electrons. The minimum Gasteiger partial charge on any atom is -0.326 e. The average molecular weight is 211 g/mol. The van der Waals surface area contributed by atoms with Crippen LogP contribution >= 0.6 is 8.25 Å². The quantitative estimate of drug-likeness (QED) is 0.768. The van der Waals surface area contributed by atoms with Crippen LogP contribution in [-0.2, 0) is 22.1 Å². The zero-order valence-electron chi connectivity index (χ0n) is 7.43. The molecule has 0 bridgehead atoms. The van der Waals surface area contributed by atoms with Gasteiger partial charge in [0, 0.05) is 0 Å². The van der Waals surface area contributed by atoms with E-state index in [0.717, 1.165) is 11.1 Å². The lowest BCUT2D eigenvalue weighted by molar-refractivity contribution is 0.272. The molecule has 0 aromatic heterocycles. The highest BCUT2D eigenvalue weighted by atomic mass is 31.1. The molecular weight excluding hydrogens is 201 g/mol. The van der Waals surface area contributed by atoms with Crippen LogP contribution in [0.2, 0.25) is 0 Å². The van der Waals surface area contributed by atoms with Crippen LogP contribution in [-0.4, -0.2) is 4.89 Å². The van der Waals surface area contributed by atoms with Gasteiger partial charge in [-0.05, 0) is 11.1 Å². The summed E-state index contributed by atoms with van der Waals surface area (Å²) in [5.74, 6) is 0. The number of rotatable bonds is 4. The Hall–Kier alpha value is -1.14. The second-order valence-corrected chi connectivity index (χ2v) is 3.53. The first-order chi connectivity index (χ1) is 6.72. The number of nitriles is 1. The van der Waals surface area contributed by atoms with Crippen molar-refractivity contribution in [3.05, 3.63) is 35.4 Å². The van der Waals surface area contributed by atoms with Crippen LogP contribution in [0, 0.1) is 11.3 Å². The number of hydrogen-bond donors (Lipinski definition) is 1. The van der Waals surface area contributed by atoms with Gasteiger partial charge in [0.25, 0.3) is 0 Å². The molecule has 4 nitrogen and oxygen atoms in total. The van der Waals surface area contributed by atoms with Crippen LogP contribution in [0.4, 0.5) is 0 Å². The van der Waals surface area contributed by atoms with Gasteiger partial charge in [0.15, 0.2) is 0 Å². The van der Waals surface area contributed by atoms with Gasteiger partial charge < -0.3 is 9.42 Å². The molecule has 0 spiro atoms. The van der Waals surface area contributed by atoms with Gasteiger partial charge in [0.1, 0.15) is 0 Å². The fourth-order valence-corrected chi connectivity index (χ4v) is 1.36. The van der Waals surface area contributed by atoms with Crippen LogP contribution in [0.15, 0.2) is 24.3 Å². The highest BCUT2D eigenvalue weighted by Gasteiger charge is 1.97. The van der Waals surface area contributed by atoms with E-state index in [4.69, 9.17) is 10.2 Å². The molecule has 1 rings (SSSR count). The third kappa shape index (κ3) is 3.71. The van der Waals surface area contributed by atoms with Crippen molar-refractivity contribution < 1.29 is 14.0 Å². The monoisotopic (exact) mass is 211 g/mol. The van der Waals surface area contributed by atoms with E-state index in [1.54, 1.807) is 18.2 Å². The largest absolute Gasteiger partial charge is 0.326 e. The molecule has 0 radical (unpaired) electrons. The SMILES string of the molecule is N#CCc1cccc(CO[PH](=O)O)c1. The highest BCUT2D eigenvalue weighted by molar-refractivity contribution is 7.32. The van der Waals surface area contributed by atoms with E-state index < -0.39 is 8.25 Å². The fourth-order valence-electron chi connectivity index (χ4n) is 1.07. The van der Waals surface area contributed by atoms with Crippen molar-refractivity contribution in [3.63, 3.8) is 0 Å². The summed E-state index contributed by atoms with van der Waals surface area (Å²) in [5, 5.41) is 8.46. The molecule has 0 saturated carbocycles. The van der Waals surface area contributed by atoms with Crippen LogP contribution in [0.5, 0.6) is 0 Å². The lowest BCUT2D eigenvalue weighted by atomic mass is 10.1. The van der Waals surface area contributed by atoms with Crippen molar-refractivity contribution in [1.29, 1.82) is 5.26 Å². The summed E-state index contributed by atoms with van der Waals surface area (Å²) in [4.78, 5) is 8.46. The molecule has 1 N–H and O–H groups in total. The maximum atomic E-state index is 10.3. The molecule has 5 heteroatoms. The molecule has 14 heavy (non-hydrogen) atoms. The Balaban J connectivity index is 2.64. The molecule has 1 unspecified atom stereocenters. The van der Waals surface area contributed by atoms with Gasteiger partial charge in [0.2, 0.25) is 0 Å². The summed E-state index contributed by atoms with van der Waals surface area (Å²) in [6, 6.07) is 9.22. The maximum absolute atomic E-state index is 10.3. The second-order valence-electron chi connectivity index (χ2n) is 2.71. The minimum absolute atomic E-state index is 0.105. The van der Waals surface area contributed by atoms with Crippen LogP contribution < -0.4 is 0 Å². The molecule has 0 aliphatic rings. The molecule has 0 aliphatic heterocycles. The zero-order chi connectivity index (χ0) is 10.4. The first kappa shape index (κ1) is 10.9. The van der Waals surface area contributed by atoms with Gasteiger partial charge in [-0.15, -0.1) is 0 Å². The normalized spacial score (nSPS) is 12.0. The smallest absolute Gasteiger partial charge is 0.316 e. The van der Waals surface area contributed by atoms with Crippen LogP contribution in [0.3, 0.4) is 0 Å². The standard InChI is InChI=1S/C9H10NO3P/c10-5-4-8-2-1-3-9(6-8)7-13-14(11)12/h1-3,6,14H,4,7H2,(H,11,12). The van der Waals surface area contributed by atoms with Crippen molar-refractivity contribution in [2.24, 2.45) is 0 Å². The van der Waals surface area contributed by atoms with Crippen molar-refractivity contribution >= 4 is 8.25 Å². The number of hydrogen-bond acceptors (Lipinski definition) is 3. The van der Waals surface area contributed by atoms with Gasteiger partial charge in [-0.1, -0.05) is 24.3 Å². The van der Waals surface area contributed by atoms with E-state index >= 15 is 0 Å². The molecule has 0 amide bonds. The summed E-state index contributed by atoms with van der Waals surface area (Å²) in [6.45, 7) is 0.105. The van der Waals surface area contributed by atoms with Gasteiger partial charge in [-0.3, -0.25) is 4.57 Å². The highest BCUT2D eigenvalue weighted by Crippen LogP contribution is 2.18. The van der Waals surface area contributed by atoms with Crippen molar-refractivity contribution in [2.45, 2.75) is 13.0 Å². The summed E-state index contributed by atoms with van der Waals surface area (Å²) in [5.41, 5.74) is 1.68. The van der Waals surface area contributed by atoms with Gasteiger partial charge in [-0.25, -0.2) is 0 Å². The fraction of sp³-hybridized carbons (Fsp3) is 0.222.